The van der Waals surface area contributed by atoms with E-state index in [2.05, 4.69) is 20.7 Å². The van der Waals surface area contributed by atoms with Crippen LogP contribution >= 0.6 is 0 Å². The Morgan fingerprint density at radius 3 is 3.12 bits per heavy atom. The number of aromatic nitrogens is 3. The molecule has 0 radical (unpaired) electrons. The molecule has 0 aliphatic carbocycles. The van der Waals surface area contributed by atoms with Gasteiger partial charge in [-0.1, -0.05) is 0 Å². The highest BCUT2D eigenvalue weighted by Gasteiger charge is 2.04. The Morgan fingerprint density at radius 2 is 2.35 bits per heavy atom. The van der Waals surface area contributed by atoms with Crippen LogP contribution in [0.5, 0.6) is 0 Å². The lowest BCUT2D eigenvalue weighted by molar-refractivity contribution is -0.120. The molecule has 17 heavy (non-hydrogen) atoms. The maximum atomic E-state index is 12.9. The van der Waals surface area contributed by atoms with Crippen LogP contribution in [-0.2, 0) is 4.79 Å². The van der Waals surface area contributed by atoms with E-state index in [1.807, 2.05) is 0 Å². The summed E-state index contributed by atoms with van der Waals surface area (Å²) in [6.45, 7) is 0.430. The number of nitrogens with zero attached hydrogens (tertiary/aromatic N) is 3. The second-order valence-corrected chi connectivity index (χ2v) is 3.44. The molecule has 0 aliphatic rings. The maximum absolute atomic E-state index is 12.9. The van der Waals surface area contributed by atoms with Crippen LogP contribution in [0.3, 0.4) is 0 Å². The number of halogens is 1. The molecule has 6 nitrogen and oxygen atoms in total. The van der Waals surface area contributed by atoms with Crippen LogP contribution in [0.15, 0.2) is 18.3 Å². The van der Waals surface area contributed by atoms with Gasteiger partial charge in [-0.3, -0.25) is 4.79 Å². The van der Waals surface area contributed by atoms with Gasteiger partial charge in [-0.2, -0.15) is 4.98 Å². The Morgan fingerprint density at radius 1 is 1.53 bits per heavy atom. The summed E-state index contributed by atoms with van der Waals surface area (Å²) in [5.74, 6) is -0.0638. The van der Waals surface area contributed by atoms with Crippen molar-refractivity contribution in [3.05, 3.63) is 24.1 Å². The SMILES string of the molecule is CNC(=O)CCNc1nc2ccc(F)cn2n1. The molecule has 0 aromatic carbocycles. The third-order valence-corrected chi connectivity index (χ3v) is 2.21. The number of carbonyl (C=O) groups excluding carboxylic acids is 1. The van der Waals surface area contributed by atoms with E-state index >= 15 is 0 Å². The molecule has 0 bridgehead atoms. The van der Waals surface area contributed by atoms with Crippen LogP contribution in [0.2, 0.25) is 0 Å². The first-order valence-electron chi connectivity index (χ1n) is 5.15. The lowest BCUT2D eigenvalue weighted by Crippen LogP contribution is -2.21. The summed E-state index contributed by atoms with van der Waals surface area (Å²) in [4.78, 5) is 15.1. The minimum Gasteiger partial charge on any atom is -0.359 e. The van der Waals surface area contributed by atoms with E-state index in [0.29, 0.717) is 24.6 Å². The maximum Gasteiger partial charge on any atom is 0.243 e. The highest BCUT2D eigenvalue weighted by Crippen LogP contribution is 2.06. The minimum atomic E-state index is -0.376. The second kappa shape index (κ2) is 4.77. The lowest BCUT2D eigenvalue weighted by Gasteiger charge is -1.99. The van der Waals surface area contributed by atoms with Crippen LogP contribution in [-0.4, -0.2) is 34.1 Å². The predicted octanol–water partition coefficient (Wildman–Crippen LogP) is 0.416. The minimum absolute atomic E-state index is 0.0627. The fourth-order valence-corrected chi connectivity index (χ4v) is 1.35. The van der Waals surface area contributed by atoms with E-state index < -0.39 is 0 Å². The largest absolute Gasteiger partial charge is 0.359 e. The fourth-order valence-electron chi connectivity index (χ4n) is 1.35. The molecule has 0 spiro atoms. The Balaban J connectivity index is 2.02. The van der Waals surface area contributed by atoms with Crippen molar-refractivity contribution < 1.29 is 9.18 Å². The van der Waals surface area contributed by atoms with Crippen molar-refractivity contribution in [3.8, 4) is 0 Å². The monoisotopic (exact) mass is 237 g/mol. The highest BCUT2D eigenvalue weighted by atomic mass is 19.1. The number of rotatable bonds is 4. The van der Waals surface area contributed by atoms with Crippen molar-refractivity contribution in [2.75, 3.05) is 18.9 Å². The molecule has 0 aliphatic heterocycles. The molecule has 90 valence electrons. The van der Waals surface area contributed by atoms with Crippen LogP contribution in [0.25, 0.3) is 5.65 Å². The molecule has 0 saturated heterocycles. The van der Waals surface area contributed by atoms with E-state index in [-0.39, 0.29) is 11.7 Å². The molecule has 0 unspecified atom stereocenters. The Bertz CT molecular complexity index is 538. The molecule has 1 amide bonds. The molecule has 0 saturated carbocycles. The van der Waals surface area contributed by atoms with Gasteiger partial charge in [0.25, 0.3) is 0 Å². The van der Waals surface area contributed by atoms with Gasteiger partial charge in [-0.05, 0) is 12.1 Å². The number of hydrogen-bond donors (Lipinski definition) is 2. The van der Waals surface area contributed by atoms with Gasteiger partial charge in [0.2, 0.25) is 11.9 Å². The average molecular weight is 237 g/mol. The first kappa shape index (κ1) is 11.3. The summed E-state index contributed by atoms with van der Waals surface area (Å²) >= 11 is 0. The van der Waals surface area contributed by atoms with Crippen LogP contribution in [0, 0.1) is 5.82 Å². The first-order chi connectivity index (χ1) is 8.19. The van der Waals surface area contributed by atoms with Gasteiger partial charge in [0.15, 0.2) is 5.65 Å². The number of pyridine rings is 1. The summed E-state index contributed by atoms with van der Waals surface area (Å²) in [5, 5.41) is 9.42. The standard InChI is InChI=1S/C10H12FN5O/c1-12-9(17)4-5-13-10-14-8-3-2-7(11)6-16(8)15-10/h2-3,6H,4-5H2,1H3,(H,12,17)(H,13,15). The van der Waals surface area contributed by atoms with Crippen LogP contribution < -0.4 is 10.6 Å². The molecule has 2 heterocycles. The van der Waals surface area contributed by atoms with Crippen molar-refractivity contribution in [1.29, 1.82) is 0 Å². The first-order valence-corrected chi connectivity index (χ1v) is 5.15. The third kappa shape index (κ3) is 2.68. The Labute approximate surface area is 96.8 Å². The van der Waals surface area contributed by atoms with Gasteiger partial charge in [-0.25, -0.2) is 8.91 Å². The van der Waals surface area contributed by atoms with Crippen molar-refractivity contribution in [1.82, 2.24) is 19.9 Å². The third-order valence-electron chi connectivity index (χ3n) is 2.21. The summed E-state index contributed by atoms with van der Waals surface area (Å²) in [5.41, 5.74) is 0.550. The fraction of sp³-hybridized carbons (Fsp3) is 0.300. The summed E-state index contributed by atoms with van der Waals surface area (Å²) < 4.78 is 14.2. The number of hydrogen-bond acceptors (Lipinski definition) is 4. The zero-order chi connectivity index (χ0) is 12.3. The summed E-state index contributed by atoms with van der Waals surface area (Å²) in [7, 11) is 1.58. The lowest BCUT2D eigenvalue weighted by atomic mass is 10.4. The van der Waals surface area contributed by atoms with Gasteiger partial charge in [-0.15, -0.1) is 5.10 Å². The second-order valence-electron chi connectivity index (χ2n) is 3.44. The van der Waals surface area contributed by atoms with E-state index in [9.17, 15) is 9.18 Å². The summed E-state index contributed by atoms with van der Waals surface area (Å²) in [6.07, 6.45) is 1.58. The molecular weight excluding hydrogens is 225 g/mol. The van der Waals surface area contributed by atoms with E-state index in [1.54, 1.807) is 7.05 Å². The topological polar surface area (TPSA) is 71.3 Å². The molecule has 0 fully saturated rings. The summed E-state index contributed by atoms with van der Waals surface area (Å²) in [6, 6.07) is 2.85. The van der Waals surface area contributed by atoms with Crippen LogP contribution in [0.1, 0.15) is 6.42 Å². The number of amides is 1. The molecule has 2 aromatic heterocycles. The molecule has 7 heteroatoms. The average Bonchev–Trinajstić information content (AvgIpc) is 2.70. The molecule has 2 N–H and O–H groups in total. The molecule has 0 atom stereocenters. The smallest absolute Gasteiger partial charge is 0.243 e. The predicted molar refractivity (Wildman–Crippen MR) is 60.1 cm³/mol. The number of nitrogens with one attached hydrogen (secondary N) is 2. The molecule has 2 rings (SSSR count). The van der Waals surface area contributed by atoms with Gasteiger partial charge < -0.3 is 10.6 Å². The van der Waals surface area contributed by atoms with Crippen molar-refractivity contribution in [3.63, 3.8) is 0 Å². The van der Waals surface area contributed by atoms with Crippen molar-refractivity contribution in [2.24, 2.45) is 0 Å². The zero-order valence-corrected chi connectivity index (χ0v) is 9.27. The Kier molecular flexibility index (Phi) is 3.17. The Hall–Kier alpha value is -2.18. The van der Waals surface area contributed by atoms with Gasteiger partial charge in [0, 0.05) is 20.0 Å². The van der Waals surface area contributed by atoms with Crippen LogP contribution in [0.4, 0.5) is 10.3 Å². The van der Waals surface area contributed by atoms with E-state index in [0.717, 1.165) is 0 Å². The number of carbonyl (C=O) groups is 1. The zero-order valence-electron chi connectivity index (χ0n) is 9.27. The van der Waals surface area contributed by atoms with Gasteiger partial charge >= 0.3 is 0 Å². The highest BCUT2D eigenvalue weighted by molar-refractivity contribution is 5.75. The van der Waals surface area contributed by atoms with Crippen molar-refractivity contribution in [2.45, 2.75) is 6.42 Å². The normalized spacial score (nSPS) is 10.5. The van der Waals surface area contributed by atoms with E-state index in [4.69, 9.17) is 0 Å². The molecular formula is C10H12FN5O. The number of anilines is 1. The quantitative estimate of drug-likeness (QED) is 0.808. The van der Waals surface area contributed by atoms with Crippen molar-refractivity contribution >= 4 is 17.5 Å². The van der Waals surface area contributed by atoms with E-state index in [1.165, 1.54) is 22.8 Å². The van der Waals surface area contributed by atoms with Gasteiger partial charge in [0.05, 0.1) is 6.20 Å². The van der Waals surface area contributed by atoms with Gasteiger partial charge in [0.1, 0.15) is 5.82 Å². The number of fused-ring (bicyclic) bond motifs is 1. The molecule has 2 aromatic rings.